The van der Waals surface area contributed by atoms with E-state index < -0.39 is 29.2 Å². The molecule has 2 aromatic heterocycles. The van der Waals surface area contributed by atoms with Gasteiger partial charge in [0.25, 0.3) is 5.91 Å². The van der Waals surface area contributed by atoms with Gasteiger partial charge in [0.1, 0.15) is 16.4 Å². The van der Waals surface area contributed by atoms with E-state index in [0.29, 0.717) is 16.9 Å². The number of thiophene rings is 1. The van der Waals surface area contributed by atoms with E-state index in [2.05, 4.69) is 10.3 Å². The monoisotopic (exact) mass is 426 g/mol. The molecule has 3 heterocycles. The number of nitrogens with one attached hydrogen (secondary N) is 1. The summed E-state index contributed by atoms with van der Waals surface area (Å²) in [5, 5.41) is 3.31. The third kappa shape index (κ3) is 3.95. The van der Waals surface area contributed by atoms with Gasteiger partial charge in [-0.25, -0.2) is 14.7 Å². The molecule has 1 fully saturated rings. The number of hydrogen-bond acceptors (Lipinski definition) is 5. The van der Waals surface area contributed by atoms with Crippen molar-refractivity contribution in [1.82, 2.24) is 9.88 Å². The van der Waals surface area contributed by atoms with Crippen LogP contribution in [-0.4, -0.2) is 33.3 Å². The zero-order valence-electron chi connectivity index (χ0n) is 15.7. The zero-order chi connectivity index (χ0) is 21.6. The van der Waals surface area contributed by atoms with Crippen LogP contribution in [0, 0.1) is 0 Å². The summed E-state index contributed by atoms with van der Waals surface area (Å²) in [5.74, 6) is -0.642. The van der Waals surface area contributed by atoms with Gasteiger partial charge in [0, 0.05) is 25.0 Å². The second kappa shape index (κ2) is 7.14. The zero-order valence-corrected chi connectivity index (χ0v) is 16.5. The van der Waals surface area contributed by atoms with Gasteiger partial charge in [-0.3, -0.25) is 9.59 Å². The van der Waals surface area contributed by atoms with E-state index in [1.54, 1.807) is 12.1 Å². The van der Waals surface area contributed by atoms with Crippen LogP contribution in [0.4, 0.5) is 28.8 Å². The van der Waals surface area contributed by atoms with Crippen LogP contribution in [0.1, 0.15) is 31.9 Å². The van der Waals surface area contributed by atoms with Crippen LogP contribution in [0.15, 0.2) is 29.8 Å². The summed E-state index contributed by atoms with van der Waals surface area (Å²) in [7, 11) is 0. The van der Waals surface area contributed by atoms with Crippen molar-refractivity contribution in [2.75, 3.05) is 10.2 Å². The van der Waals surface area contributed by atoms with Crippen molar-refractivity contribution in [1.29, 1.82) is 0 Å². The van der Waals surface area contributed by atoms with Crippen LogP contribution >= 0.6 is 11.3 Å². The predicted molar refractivity (Wildman–Crippen MR) is 100 cm³/mol. The Labute approximate surface area is 168 Å². The van der Waals surface area contributed by atoms with Crippen LogP contribution in [0.25, 0.3) is 0 Å². The smallest absolute Gasteiger partial charge is 0.311 e. The van der Waals surface area contributed by atoms with E-state index in [0.717, 1.165) is 16.3 Å². The van der Waals surface area contributed by atoms with Crippen LogP contribution < -0.4 is 10.2 Å². The minimum atomic E-state index is -4.56. The number of carbonyl (C=O) groups is 3. The van der Waals surface area contributed by atoms with Gasteiger partial charge in [-0.05, 0) is 37.6 Å². The van der Waals surface area contributed by atoms with Crippen molar-refractivity contribution in [3.05, 3.63) is 40.9 Å². The molecule has 0 bridgehead atoms. The van der Waals surface area contributed by atoms with Gasteiger partial charge >= 0.3 is 12.2 Å². The first-order valence-corrected chi connectivity index (χ1v) is 9.33. The Bertz CT molecular complexity index is 987. The van der Waals surface area contributed by atoms with Gasteiger partial charge in [0.05, 0.1) is 5.56 Å². The Kier molecular flexibility index (Phi) is 5.11. The summed E-state index contributed by atoms with van der Waals surface area (Å²) in [6, 6.07) is 3.26. The molecule has 0 atom stereocenters. The number of anilines is 2. The number of pyridine rings is 1. The second-order valence-corrected chi connectivity index (χ2v) is 7.86. The summed E-state index contributed by atoms with van der Waals surface area (Å²) in [6.45, 7) is 4.40. The van der Waals surface area contributed by atoms with Crippen molar-refractivity contribution in [3.8, 4) is 0 Å². The van der Waals surface area contributed by atoms with E-state index in [-0.39, 0.29) is 23.3 Å². The molecule has 11 heteroatoms. The largest absolute Gasteiger partial charge is 0.417 e. The number of hydrogen-bond donors (Lipinski definition) is 1. The molecular weight excluding hydrogens is 409 g/mol. The number of alkyl halides is 3. The maximum Gasteiger partial charge on any atom is 0.417 e. The first-order chi connectivity index (χ1) is 13.4. The molecule has 0 unspecified atom stereocenters. The van der Waals surface area contributed by atoms with Crippen LogP contribution in [0.3, 0.4) is 0 Å². The van der Waals surface area contributed by atoms with Crippen LogP contribution in [0.2, 0.25) is 0 Å². The SMILES string of the molecule is CC(=O)Nc1cc(CN2C(=O)N(c3cc(C(F)(F)F)cs3)C(=O)C2(C)C)ccn1. The quantitative estimate of drug-likeness (QED) is 0.753. The molecule has 29 heavy (non-hydrogen) atoms. The number of imide groups is 1. The highest BCUT2D eigenvalue weighted by Gasteiger charge is 2.52. The summed E-state index contributed by atoms with van der Waals surface area (Å²) < 4.78 is 38.7. The molecule has 7 nitrogen and oxygen atoms in total. The lowest BCUT2D eigenvalue weighted by molar-refractivity contribution is -0.137. The Morgan fingerprint density at radius 3 is 2.55 bits per heavy atom. The lowest BCUT2D eigenvalue weighted by Gasteiger charge is -2.27. The Hall–Kier alpha value is -2.95. The fourth-order valence-electron chi connectivity index (χ4n) is 2.89. The molecule has 0 saturated carbocycles. The van der Waals surface area contributed by atoms with E-state index >= 15 is 0 Å². The van der Waals surface area contributed by atoms with Gasteiger partial charge < -0.3 is 10.2 Å². The molecule has 1 saturated heterocycles. The molecule has 3 rings (SSSR count). The highest BCUT2D eigenvalue weighted by Crippen LogP contribution is 2.40. The standard InChI is InChI=1S/C18H17F3N4O3S/c1-10(26)23-13-6-11(4-5-22-13)8-24-16(28)25(15(27)17(24,2)3)14-7-12(9-29-14)18(19,20)21/h4-7,9H,8H2,1-3H3,(H,22,23,26). The predicted octanol–water partition coefficient (Wildman–Crippen LogP) is 3.87. The molecule has 1 N–H and O–H groups in total. The number of aromatic nitrogens is 1. The maximum atomic E-state index is 12.9. The third-order valence-corrected chi connectivity index (χ3v) is 5.34. The topological polar surface area (TPSA) is 82.6 Å². The highest BCUT2D eigenvalue weighted by atomic mass is 32.1. The van der Waals surface area contributed by atoms with E-state index in [4.69, 9.17) is 0 Å². The van der Waals surface area contributed by atoms with Gasteiger partial charge in [0.2, 0.25) is 5.91 Å². The molecule has 2 aromatic rings. The Morgan fingerprint density at radius 1 is 1.28 bits per heavy atom. The first kappa shape index (κ1) is 20.8. The van der Waals surface area contributed by atoms with Gasteiger partial charge in [0.15, 0.2) is 0 Å². The molecule has 1 aliphatic heterocycles. The van der Waals surface area contributed by atoms with Gasteiger partial charge in [-0.1, -0.05) is 0 Å². The number of rotatable bonds is 4. The fourth-order valence-corrected chi connectivity index (χ4v) is 3.80. The van der Waals surface area contributed by atoms with Gasteiger partial charge in [-0.15, -0.1) is 11.3 Å². The molecule has 1 aliphatic rings. The number of nitrogens with zero attached hydrogens (tertiary/aromatic N) is 3. The normalized spacial score (nSPS) is 16.5. The summed E-state index contributed by atoms with van der Waals surface area (Å²) in [5.41, 5.74) is -1.58. The Balaban J connectivity index is 1.89. The molecule has 4 amide bonds. The van der Waals surface area contributed by atoms with Gasteiger partial charge in [-0.2, -0.15) is 13.2 Å². The molecule has 0 aromatic carbocycles. The number of carbonyl (C=O) groups excluding carboxylic acids is 3. The van der Waals surface area contributed by atoms with E-state index in [1.165, 1.54) is 31.9 Å². The number of urea groups is 1. The minimum absolute atomic E-state index is 0.0146. The second-order valence-electron chi connectivity index (χ2n) is 6.97. The van der Waals surface area contributed by atoms with Crippen LogP contribution in [-0.2, 0) is 22.3 Å². The molecule has 154 valence electrons. The third-order valence-electron chi connectivity index (χ3n) is 4.43. The molecule has 0 aliphatic carbocycles. The average molecular weight is 426 g/mol. The highest BCUT2D eigenvalue weighted by molar-refractivity contribution is 7.14. The number of amides is 4. The molecule has 0 spiro atoms. The lowest BCUT2D eigenvalue weighted by atomic mass is 10.0. The molecular formula is C18H17F3N4O3S. The molecule has 0 radical (unpaired) electrons. The minimum Gasteiger partial charge on any atom is -0.311 e. The van der Waals surface area contributed by atoms with Crippen molar-refractivity contribution in [3.63, 3.8) is 0 Å². The first-order valence-electron chi connectivity index (χ1n) is 8.45. The summed E-state index contributed by atoms with van der Waals surface area (Å²) in [6.07, 6.45) is -3.12. The van der Waals surface area contributed by atoms with Crippen molar-refractivity contribution >= 4 is 40.0 Å². The van der Waals surface area contributed by atoms with E-state index in [9.17, 15) is 27.6 Å². The van der Waals surface area contributed by atoms with Crippen molar-refractivity contribution in [2.45, 2.75) is 39.0 Å². The average Bonchev–Trinajstić information content (AvgIpc) is 3.14. The number of halogens is 3. The summed E-state index contributed by atoms with van der Waals surface area (Å²) >= 11 is 0.680. The van der Waals surface area contributed by atoms with E-state index in [1.807, 2.05) is 0 Å². The van der Waals surface area contributed by atoms with Crippen LogP contribution in [0.5, 0.6) is 0 Å². The summed E-state index contributed by atoms with van der Waals surface area (Å²) in [4.78, 5) is 43.0. The van der Waals surface area contributed by atoms with Crippen molar-refractivity contribution < 1.29 is 27.6 Å². The fraction of sp³-hybridized carbons (Fsp3) is 0.333. The lowest BCUT2D eigenvalue weighted by Crippen LogP contribution is -2.43. The van der Waals surface area contributed by atoms with Crippen molar-refractivity contribution in [2.24, 2.45) is 0 Å². The Morgan fingerprint density at radius 2 is 1.97 bits per heavy atom. The maximum absolute atomic E-state index is 12.9.